The van der Waals surface area contributed by atoms with Crippen LogP contribution >= 0.6 is 11.8 Å². The lowest BCUT2D eigenvalue weighted by Crippen LogP contribution is -2.41. The number of halogens is 4. The van der Waals surface area contributed by atoms with Crippen molar-refractivity contribution in [2.45, 2.75) is 19.3 Å². The molecule has 1 fully saturated rings. The number of nitrogens with two attached hydrogens (primary N) is 1. The molecule has 7 nitrogen and oxygen atoms in total. The number of hydrogen-bond acceptors (Lipinski definition) is 6. The van der Waals surface area contributed by atoms with Crippen molar-refractivity contribution in [1.82, 2.24) is 0 Å². The Morgan fingerprint density at radius 2 is 1.84 bits per heavy atom. The molecular formula is C26H22F4N6OS. The molecule has 1 saturated heterocycles. The van der Waals surface area contributed by atoms with Crippen LogP contribution in [0.5, 0.6) is 5.75 Å². The minimum Gasteiger partial charge on any atom is -0.406 e. The third-order valence-corrected chi connectivity index (χ3v) is 6.41. The van der Waals surface area contributed by atoms with Gasteiger partial charge in [0.15, 0.2) is 5.17 Å². The van der Waals surface area contributed by atoms with Gasteiger partial charge in [-0.15, -0.1) is 13.2 Å². The van der Waals surface area contributed by atoms with E-state index in [9.17, 15) is 17.6 Å². The predicted molar refractivity (Wildman–Crippen MR) is 144 cm³/mol. The molecule has 1 unspecified atom stereocenters. The summed E-state index contributed by atoms with van der Waals surface area (Å²) < 4.78 is 53.0. The standard InChI is InChI=1S/C16H13F3N4O.C10H9FN2S/c17-16(18,19)24-14-7-5-13(6-8-14)22-10-23-15(21)12-3-1-11(9-20)2-4-12;1-6-8-3-2-7(11)4-9(8)13-5-14-10(13)12-6/h1-10,20H,(H2,21,22,23);2-4,6H,5H2,1H3. The number of fused-ring (bicyclic) bond motifs is 3. The molecule has 0 bridgehead atoms. The molecule has 12 heteroatoms. The fraction of sp³-hybridized carbons (Fsp3) is 0.154. The van der Waals surface area contributed by atoms with Crippen LogP contribution < -0.4 is 15.4 Å². The second kappa shape index (κ2) is 11.5. The Hall–Kier alpha value is -4.19. The lowest BCUT2D eigenvalue weighted by Gasteiger charge is -2.39. The second-order valence-electron chi connectivity index (χ2n) is 8.06. The molecule has 2 aliphatic rings. The number of benzene rings is 3. The van der Waals surface area contributed by atoms with Gasteiger partial charge in [0, 0.05) is 17.3 Å². The Morgan fingerprint density at radius 3 is 2.45 bits per heavy atom. The van der Waals surface area contributed by atoms with E-state index in [0.717, 1.165) is 40.0 Å². The molecule has 1 atom stereocenters. The highest BCUT2D eigenvalue weighted by Crippen LogP contribution is 2.41. The number of hydrogen-bond donors (Lipinski definition) is 2. The van der Waals surface area contributed by atoms with Crippen molar-refractivity contribution < 1.29 is 22.3 Å². The molecule has 0 radical (unpaired) electrons. The van der Waals surface area contributed by atoms with Crippen LogP contribution in [0.1, 0.15) is 29.7 Å². The number of ether oxygens (including phenoxy) is 1. The average molecular weight is 543 g/mol. The Morgan fingerprint density at radius 1 is 1.13 bits per heavy atom. The van der Waals surface area contributed by atoms with Crippen molar-refractivity contribution >= 4 is 46.7 Å². The maximum absolute atomic E-state index is 13.1. The number of alkyl halides is 3. The molecule has 0 saturated carbocycles. The summed E-state index contributed by atoms with van der Waals surface area (Å²) in [6.45, 7) is 2.04. The summed E-state index contributed by atoms with van der Waals surface area (Å²) in [5, 5.41) is 8.14. The van der Waals surface area contributed by atoms with Crippen molar-refractivity contribution in [3.8, 4) is 5.75 Å². The van der Waals surface area contributed by atoms with Crippen molar-refractivity contribution in [3.05, 3.63) is 89.2 Å². The molecule has 5 rings (SSSR count). The van der Waals surface area contributed by atoms with Crippen LogP contribution in [0.3, 0.4) is 0 Å². The molecule has 3 N–H and O–H groups in total. The monoisotopic (exact) mass is 542 g/mol. The summed E-state index contributed by atoms with van der Waals surface area (Å²) in [7, 11) is 0. The van der Waals surface area contributed by atoms with Crippen molar-refractivity contribution in [3.63, 3.8) is 0 Å². The zero-order valence-corrected chi connectivity index (χ0v) is 20.8. The van der Waals surface area contributed by atoms with E-state index < -0.39 is 6.36 Å². The van der Waals surface area contributed by atoms with Crippen LogP contribution in [0.15, 0.2) is 81.7 Å². The normalized spacial score (nSPS) is 16.4. The summed E-state index contributed by atoms with van der Waals surface area (Å²) in [4.78, 5) is 14.5. The molecule has 0 amide bonds. The first-order valence-corrected chi connectivity index (χ1v) is 12.2. The van der Waals surface area contributed by atoms with Gasteiger partial charge in [-0.2, -0.15) is 0 Å². The maximum atomic E-state index is 13.1. The Labute approximate surface area is 220 Å². The van der Waals surface area contributed by atoms with Crippen LogP contribution in [0.25, 0.3) is 0 Å². The van der Waals surface area contributed by atoms with Gasteiger partial charge < -0.3 is 20.8 Å². The molecule has 0 aromatic heterocycles. The topological polar surface area (TPSA) is 99.4 Å². The SMILES string of the molecule is CC1N=C2SCN2c2cc(F)ccc21.N=Cc1ccc(C(N)=NC=Nc2ccc(OC(F)(F)F)cc2)cc1. The van der Waals surface area contributed by atoms with E-state index in [1.54, 1.807) is 42.1 Å². The van der Waals surface area contributed by atoms with Crippen LogP contribution in [0, 0.1) is 11.2 Å². The zero-order chi connectivity index (χ0) is 27.3. The number of aliphatic imine (C=N–C) groups is 3. The van der Waals surface area contributed by atoms with E-state index in [1.807, 2.05) is 13.0 Å². The molecule has 3 aromatic carbocycles. The first-order valence-electron chi connectivity index (χ1n) is 11.2. The third-order valence-electron chi connectivity index (χ3n) is 5.44. The van der Waals surface area contributed by atoms with Crippen LogP contribution in [0.4, 0.5) is 28.9 Å². The van der Waals surface area contributed by atoms with Crippen LogP contribution in [-0.4, -0.2) is 35.8 Å². The van der Waals surface area contributed by atoms with E-state index in [1.165, 1.54) is 30.8 Å². The van der Waals surface area contributed by atoms with Crippen LogP contribution in [0.2, 0.25) is 0 Å². The molecule has 0 aliphatic carbocycles. The van der Waals surface area contributed by atoms with E-state index in [0.29, 0.717) is 11.3 Å². The number of nitrogens with one attached hydrogen (secondary N) is 1. The maximum Gasteiger partial charge on any atom is 0.573 e. The summed E-state index contributed by atoms with van der Waals surface area (Å²) in [6, 6.07) is 17.0. The molecule has 196 valence electrons. The third kappa shape index (κ3) is 6.76. The number of rotatable bonds is 5. The highest BCUT2D eigenvalue weighted by Gasteiger charge is 2.32. The van der Waals surface area contributed by atoms with Crippen LogP contribution in [-0.2, 0) is 0 Å². The number of amidine groups is 2. The lowest BCUT2D eigenvalue weighted by atomic mass is 10.0. The highest BCUT2D eigenvalue weighted by molar-refractivity contribution is 8.16. The Bertz CT molecular complexity index is 1390. The Kier molecular flexibility index (Phi) is 8.10. The molecule has 2 aliphatic heterocycles. The van der Waals surface area contributed by atoms with E-state index >= 15 is 0 Å². The van der Waals surface area contributed by atoms with E-state index in [4.69, 9.17) is 11.1 Å². The highest BCUT2D eigenvalue weighted by atomic mass is 32.2. The van der Waals surface area contributed by atoms with E-state index in [2.05, 4.69) is 24.6 Å². The van der Waals surface area contributed by atoms with Gasteiger partial charge >= 0.3 is 6.36 Å². The summed E-state index contributed by atoms with van der Waals surface area (Å²) in [6.07, 6.45) is -2.30. The second-order valence-corrected chi connectivity index (χ2v) is 8.97. The fourth-order valence-electron chi connectivity index (χ4n) is 3.52. The summed E-state index contributed by atoms with van der Waals surface area (Å²) in [5.74, 6) is 0.624. The smallest absolute Gasteiger partial charge is 0.406 e. The summed E-state index contributed by atoms with van der Waals surface area (Å²) >= 11 is 1.72. The van der Waals surface area contributed by atoms with Gasteiger partial charge in [0.25, 0.3) is 0 Å². The largest absolute Gasteiger partial charge is 0.573 e. The van der Waals surface area contributed by atoms with E-state index in [-0.39, 0.29) is 23.4 Å². The van der Waals surface area contributed by atoms with Gasteiger partial charge in [-0.3, -0.25) is 4.99 Å². The minimum absolute atomic E-state index is 0.157. The number of thioether (sulfide) groups is 1. The van der Waals surface area contributed by atoms with Gasteiger partial charge in [-0.1, -0.05) is 42.1 Å². The minimum atomic E-state index is -4.73. The van der Waals surface area contributed by atoms with Gasteiger partial charge in [-0.05, 0) is 48.9 Å². The summed E-state index contributed by atoms with van der Waals surface area (Å²) in [5.41, 5.74) is 9.72. The number of anilines is 1. The fourth-order valence-corrected chi connectivity index (χ4v) is 4.37. The zero-order valence-electron chi connectivity index (χ0n) is 20.0. The van der Waals surface area contributed by atoms with Crippen molar-refractivity contribution in [2.75, 3.05) is 10.8 Å². The first-order chi connectivity index (χ1) is 18.1. The predicted octanol–water partition coefficient (Wildman–Crippen LogP) is 6.42. The van der Waals surface area contributed by atoms with Gasteiger partial charge in [0.1, 0.15) is 23.7 Å². The molecule has 38 heavy (non-hydrogen) atoms. The van der Waals surface area contributed by atoms with Gasteiger partial charge in [0.05, 0.1) is 23.3 Å². The van der Waals surface area contributed by atoms with Crippen molar-refractivity contribution in [1.29, 1.82) is 5.41 Å². The van der Waals surface area contributed by atoms with Gasteiger partial charge in [0.2, 0.25) is 0 Å². The van der Waals surface area contributed by atoms with Crippen molar-refractivity contribution in [2.24, 2.45) is 20.7 Å². The van der Waals surface area contributed by atoms with Gasteiger partial charge in [-0.25, -0.2) is 14.4 Å². The Balaban J connectivity index is 0.000000201. The first kappa shape index (κ1) is 26.9. The molecule has 3 aromatic rings. The molecule has 0 spiro atoms. The number of nitrogens with zero attached hydrogens (tertiary/aromatic N) is 4. The molecular weight excluding hydrogens is 520 g/mol. The lowest BCUT2D eigenvalue weighted by molar-refractivity contribution is -0.274. The quantitative estimate of drug-likeness (QED) is 0.221. The molecule has 2 heterocycles. The average Bonchev–Trinajstić information content (AvgIpc) is 2.86.